The maximum absolute atomic E-state index is 13.3. The van der Waals surface area contributed by atoms with Gasteiger partial charge < -0.3 is 5.32 Å². The third-order valence-corrected chi connectivity index (χ3v) is 11.6. The predicted molar refractivity (Wildman–Crippen MR) is 243 cm³/mol. The number of hydrogen-bond donors (Lipinski definition) is 1. The molecule has 8 aromatic rings. The lowest BCUT2D eigenvalue weighted by molar-refractivity contribution is 0.248. The van der Waals surface area contributed by atoms with E-state index in [1.54, 1.807) is 7.05 Å². The smallest absolute Gasteiger partial charge is 0.321 e. The van der Waals surface area contributed by atoms with Crippen molar-refractivity contribution in [3.63, 3.8) is 0 Å². The maximum atomic E-state index is 13.3. The summed E-state index contributed by atoms with van der Waals surface area (Å²) < 4.78 is 4.31. The van der Waals surface area contributed by atoms with E-state index >= 15 is 0 Å². The molecule has 0 unspecified atom stereocenters. The molecule has 1 N–H and O–H groups in total. The number of urea groups is 1. The normalized spacial score (nSPS) is 11.5. The summed E-state index contributed by atoms with van der Waals surface area (Å²) in [5, 5.41) is 17.3. The van der Waals surface area contributed by atoms with E-state index in [4.69, 9.17) is 15.3 Å². The molecule has 2 heterocycles. The number of nitrogens with one attached hydrogen (secondary N) is 1. The van der Waals surface area contributed by atoms with Crippen LogP contribution in [0, 0.1) is 6.92 Å². The Labute approximate surface area is 352 Å². The van der Waals surface area contributed by atoms with Crippen LogP contribution in [0.25, 0.3) is 39.2 Å². The number of anilines is 1. The summed E-state index contributed by atoms with van der Waals surface area (Å²) in [5.41, 5.74) is 9.77. The van der Waals surface area contributed by atoms with Gasteiger partial charge in [0.1, 0.15) is 11.4 Å². The van der Waals surface area contributed by atoms with Gasteiger partial charge in [0.25, 0.3) is 0 Å². The van der Waals surface area contributed by atoms with Gasteiger partial charge in [-0.1, -0.05) is 161 Å². The van der Waals surface area contributed by atoms with Gasteiger partial charge in [0.05, 0.1) is 16.7 Å². The molecule has 0 bridgehead atoms. The second-order valence-corrected chi connectivity index (χ2v) is 15.3. The van der Waals surface area contributed by atoms with Crippen molar-refractivity contribution in [2.75, 3.05) is 18.5 Å². The Bertz CT molecular complexity index is 2580. The molecule has 302 valence electrons. The number of hydrogen-bond acceptors (Lipinski definition) is 5. The number of fused-ring (bicyclic) bond motifs is 1. The summed E-state index contributed by atoms with van der Waals surface area (Å²) in [4.78, 5) is 20.4. The minimum absolute atomic E-state index is 0.126. The van der Waals surface area contributed by atoms with E-state index in [1.807, 2.05) is 39.9 Å². The highest BCUT2D eigenvalue weighted by Gasteiger charge is 2.42. The SMILES string of the molecule is CCCCCN(C(=O)NC)c1ccc2nc(CCCC)n(-c3ccc(-c4ccccc4)c(-c4nnnn4C(c4ccccc4)(c4ccccc4)c4ccccc4)c3C)c2c1. The van der Waals surface area contributed by atoms with Gasteiger partial charge in [-0.3, -0.25) is 9.47 Å². The van der Waals surface area contributed by atoms with Gasteiger partial charge in [-0.2, -0.15) is 0 Å². The fourth-order valence-electron chi connectivity index (χ4n) is 8.62. The number of aromatic nitrogens is 6. The van der Waals surface area contributed by atoms with Crippen LogP contribution in [0.3, 0.4) is 0 Å². The topological polar surface area (TPSA) is 93.8 Å². The van der Waals surface area contributed by atoms with Gasteiger partial charge >= 0.3 is 6.03 Å². The van der Waals surface area contributed by atoms with Crippen LogP contribution in [0.15, 0.2) is 152 Å². The average Bonchev–Trinajstić information content (AvgIpc) is 3.93. The molecule has 2 amide bonds. The number of imidazole rings is 1. The summed E-state index contributed by atoms with van der Waals surface area (Å²) in [7, 11) is 1.69. The number of nitrogens with zero attached hydrogens (tertiary/aromatic N) is 7. The molecule has 6 aromatic carbocycles. The second kappa shape index (κ2) is 18.0. The minimum atomic E-state index is -0.941. The first-order chi connectivity index (χ1) is 29.5. The van der Waals surface area contributed by atoms with Crippen LogP contribution in [-0.2, 0) is 12.0 Å². The number of unbranched alkanes of at least 4 members (excludes halogenated alkanes) is 3. The highest BCUT2D eigenvalue weighted by Crippen LogP contribution is 2.45. The molecular weight excluding hydrogens is 741 g/mol. The lowest BCUT2D eigenvalue weighted by atomic mass is 9.76. The van der Waals surface area contributed by atoms with Crippen molar-refractivity contribution in [2.24, 2.45) is 0 Å². The van der Waals surface area contributed by atoms with Crippen molar-refractivity contribution in [3.8, 4) is 28.2 Å². The first-order valence-electron chi connectivity index (χ1n) is 21.2. The third-order valence-electron chi connectivity index (χ3n) is 11.6. The molecule has 60 heavy (non-hydrogen) atoms. The monoisotopic (exact) mass is 792 g/mol. The van der Waals surface area contributed by atoms with Gasteiger partial charge in [0.2, 0.25) is 0 Å². The fourth-order valence-corrected chi connectivity index (χ4v) is 8.62. The quantitative estimate of drug-likeness (QED) is 0.0824. The molecule has 2 aromatic heterocycles. The second-order valence-electron chi connectivity index (χ2n) is 15.3. The van der Waals surface area contributed by atoms with E-state index in [9.17, 15) is 4.79 Å². The van der Waals surface area contributed by atoms with Crippen LogP contribution in [-0.4, -0.2) is 49.4 Å². The van der Waals surface area contributed by atoms with Crippen molar-refractivity contribution < 1.29 is 4.79 Å². The van der Waals surface area contributed by atoms with Crippen molar-refractivity contribution in [2.45, 2.75) is 64.8 Å². The number of carbonyl (C=O) groups excluding carboxylic acids is 1. The molecule has 0 aliphatic carbocycles. The lowest BCUT2D eigenvalue weighted by Crippen LogP contribution is -2.39. The number of carbonyl (C=O) groups is 1. The highest BCUT2D eigenvalue weighted by atomic mass is 16.2. The molecule has 0 spiro atoms. The largest absolute Gasteiger partial charge is 0.341 e. The van der Waals surface area contributed by atoms with Gasteiger partial charge in [0, 0.05) is 31.3 Å². The van der Waals surface area contributed by atoms with E-state index in [0.717, 1.165) is 106 Å². The Hall–Kier alpha value is -6.87. The van der Waals surface area contributed by atoms with Crippen molar-refractivity contribution >= 4 is 22.8 Å². The fraction of sp³-hybridized carbons (Fsp3) is 0.235. The molecule has 9 nitrogen and oxygen atoms in total. The van der Waals surface area contributed by atoms with E-state index in [2.05, 4.69) is 157 Å². The van der Waals surface area contributed by atoms with Crippen molar-refractivity contribution in [1.29, 1.82) is 0 Å². The molecule has 9 heteroatoms. The summed E-state index contributed by atoms with van der Waals surface area (Å²) in [5.74, 6) is 1.60. The Kier molecular flexibility index (Phi) is 11.9. The van der Waals surface area contributed by atoms with Gasteiger partial charge in [0.15, 0.2) is 5.82 Å². The third kappa shape index (κ3) is 7.36. The summed E-state index contributed by atoms with van der Waals surface area (Å²) in [6.45, 7) is 7.18. The zero-order chi connectivity index (χ0) is 41.5. The molecule has 0 fully saturated rings. The Morgan fingerprint density at radius 3 is 1.90 bits per heavy atom. The standard InChI is InChI=1S/C51H52N8O/c1-5-7-21-35-57(50(60)52-4)42-31-33-44-46(36-42)58(47(53-44)30-8-6-2)45-34-32-43(38-22-13-9-14-23-38)48(37(45)3)49-54-55-56-59(49)51(39-24-15-10-16-25-39,40-26-17-11-18-27-40)41-28-19-12-20-29-41/h9-20,22-29,31-34,36H,5-8,21,30,35H2,1-4H3,(H,52,60). The van der Waals surface area contributed by atoms with Crippen LogP contribution < -0.4 is 10.2 Å². The number of amides is 2. The van der Waals surface area contributed by atoms with E-state index < -0.39 is 5.54 Å². The molecule has 0 saturated carbocycles. The van der Waals surface area contributed by atoms with Gasteiger partial charge in [-0.05, 0) is 87.8 Å². The zero-order valence-electron chi connectivity index (χ0n) is 34.9. The molecule has 0 saturated heterocycles. The predicted octanol–water partition coefficient (Wildman–Crippen LogP) is 11.2. The number of aryl methyl sites for hydroxylation is 1. The van der Waals surface area contributed by atoms with Crippen LogP contribution in [0.1, 0.15) is 74.0 Å². The molecular formula is C51H52N8O. The molecule has 0 radical (unpaired) electrons. The van der Waals surface area contributed by atoms with Gasteiger partial charge in [-0.25, -0.2) is 14.5 Å². The lowest BCUT2D eigenvalue weighted by Gasteiger charge is -2.36. The molecule has 0 aliphatic rings. The van der Waals surface area contributed by atoms with E-state index in [1.165, 1.54) is 0 Å². The molecule has 0 aliphatic heterocycles. The van der Waals surface area contributed by atoms with Crippen LogP contribution >= 0.6 is 0 Å². The van der Waals surface area contributed by atoms with Gasteiger partial charge in [-0.15, -0.1) is 5.10 Å². The highest BCUT2D eigenvalue weighted by molar-refractivity contribution is 5.95. The summed E-state index contributed by atoms with van der Waals surface area (Å²) in [6, 6.07) is 52.5. The maximum Gasteiger partial charge on any atom is 0.321 e. The van der Waals surface area contributed by atoms with Crippen LogP contribution in [0.5, 0.6) is 0 Å². The number of benzene rings is 6. The molecule has 0 atom stereocenters. The Balaban J connectivity index is 1.43. The van der Waals surface area contributed by atoms with E-state index in [0.29, 0.717) is 12.4 Å². The zero-order valence-corrected chi connectivity index (χ0v) is 34.9. The Morgan fingerprint density at radius 1 is 0.717 bits per heavy atom. The van der Waals surface area contributed by atoms with Crippen LogP contribution in [0.2, 0.25) is 0 Å². The average molecular weight is 793 g/mol. The number of tetrazole rings is 1. The summed E-state index contributed by atoms with van der Waals surface area (Å²) >= 11 is 0. The van der Waals surface area contributed by atoms with Crippen LogP contribution in [0.4, 0.5) is 10.5 Å². The summed E-state index contributed by atoms with van der Waals surface area (Å²) in [6.07, 6.45) is 5.84. The number of rotatable bonds is 15. The minimum Gasteiger partial charge on any atom is -0.341 e. The van der Waals surface area contributed by atoms with E-state index in [-0.39, 0.29) is 6.03 Å². The van der Waals surface area contributed by atoms with Crippen molar-refractivity contribution in [3.05, 3.63) is 180 Å². The van der Waals surface area contributed by atoms with Crippen molar-refractivity contribution in [1.82, 2.24) is 35.1 Å². The first kappa shape index (κ1) is 39.9. The molecule has 8 rings (SSSR count). The Morgan fingerprint density at radius 2 is 1.32 bits per heavy atom. The first-order valence-corrected chi connectivity index (χ1v) is 21.2.